The number of aliphatic carboxylic acids is 1. The van der Waals surface area contributed by atoms with Gasteiger partial charge in [-0.1, -0.05) is 13.8 Å². The Kier molecular flexibility index (Phi) is 2.80. The first-order valence-corrected chi connectivity index (χ1v) is 3.17. The van der Waals surface area contributed by atoms with Crippen LogP contribution in [0.15, 0.2) is 0 Å². The van der Waals surface area contributed by atoms with Gasteiger partial charge in [-0.2, -0.15) is 0 Å². The summed E-state index contributed by atoms with van der Waals surface area (Å²) in [5.41, 5.74) is 9.40. The molecule has 0 spiro atoms. The zero-order chi connectivity index (χ0) is 8.36. The van der Waals surface area contributed by atoms with E-state index in [2.05, 4.69) is 0 Å². The molecule has 4 heteroatoms. The molecule has 0 aliphatic carbocycles. The molecule has 5 N–H and O–H groups in total. The lowest BCUT2D eigenvalue weighted by atomic mass is 9.88. The van der Waals surface area contributed by atoms with Gasteiger partial charge in [0.05, 0.1) is 0 Å². The normalized spacial score (nSPS) is 16.9. The molecule has 0 unspecified atom stereocenters. The summed E-state index contributed by atoms with van der Waals surface area (Å²) < 4.78 is 0. The molecule has 0 saturated carbocycles. The van der Waals surface area contributed by atoms with Gasteiger partial charge in [-0.15, -0.1) is 0 Å². The Labute approximate surface area is 60.2 Å². The molecule has 0 rings (SSSR count). The van der Waals surface area contributed by atoms with Crippen molar-refractivity contribution >= 4 is 5.97 Å². The maximum absolute atomic E-state index is 10.5. The Balaban J connectivity index is 4.38. The van der Waals surface area contributed by atoms with Gasteiger partial charge in [0.25, 0.3) is 0 Å². The van der Waals surface area contributed by atoms with Gasteiger partial charge in [-0.3, -0.25) is 4.79 Å². The Morgan fingerprint density at radius 1 is 1.70 bits per heavy atom. The molecular weight excluding hydrogens is 132 g/mol. The molecule has 0 heterocycles. The van der Waals surface area contributed by atoms with E-state index >= 15 is 0 Å². The van der Waals surface area contributed by atoms with Crippen molar-refractivity contribution in [1.82, 2.24) is 0 Å². The van der Waals surface area contributed by atoms with E-state index in [1.807, 2.05) is 0 Å². The van der Waals surface area contributed by atoms with Gasteiger partial charge < -0.3 is 16.6 Å². The van der Waals surface area contributed by atoms with Crippen molar-refractivity contribution in [3.63, 3.8) is 0 Å². The molecule has 60 valence electrons. The lowest BCUT2D eigenvalue weighted by Crippen LogP contribution is -2.57. The maximum Gasteiger partial charge on any atom is 0.325 e. The number of nitrogens with two attached hydrogens (primary N) is 2. The summed E-state index contributed by atoms with van der Waals surface area (Å²) in [6.45, 7) is 3.45. The van der Waals surface area contributed by atoms with Crippen molar-refractivity contribution in [3.05, 3.63) is 0 Å². The Morgan fingerprint density at radius 3 is 2.10 bits per heavy atom. The topological polar surface area (TPSA) is 89.3 Å². The smallest absolute Gasteiger partial charge is 0.325 e. The average Bonchev–Trinajstić information content (AvgIpc) is 1.85. The van der Waals surface area contributed by atoms with Crippen molar-refractivity contribution in [3.8, 4) is 0 Å². The van der Waals surface area contributed by atoms with Crippen LogP contribution in [0.4, 0.5) is 0 Å². The fourth-order valence-corrected chi connectivity index (χ4v) is 0.570. The summed E-state index contributed by atoms with van der Waals surface area (Å²) in [6, 6.07) is 0. The van der Waals surface area contributed by atoms with Crippen LogP contribution in [0.5, 0.6) is 0 Å². The van der Waals surface area contributed by atoms with E-state index in [9.17, 15) is 4.79 Å². The number of hydrogen-bond acceptors (Lipinski definition) is 3. The molecular formula is C6H14N2O2. The van der Waals surface area contributed by atoms with Crippen molar-refractivity contribution in [2.24, 2.45) is 17.4 Å². The van der Waals surface area contributed by atoms with Crippen LogP contribution in [-0.2, 0) is 4.79 Å². The largest absolute Gasteiger partial charge is 0.480 e. The predicted octanol–water partition coefficient (Wildman–Crippen LogP) is -0.617. The summed E-state index contributed by atoms with van der Waals surface area (Å²) in [5.74, 6) is -1.18. The van der Waals surface area contributed by atoms with E-state index < -0.39 is 11.5 Å². The van der Waals surface area contributed by atoms with E-state index in [0.717, 1.165) is 0 Å². The molecule has 1 atom stereocenters. The van der Waals surface area contributed by atoms with E-state index in [4.69, 9.17) is 16.6 Å². The first-order valence-electron chi connectivity index (χ1n) is 3.17. The number of carboxylic acids is 1. The van der Waals surface area contributed by atoms with E-state index in [1.165, 1.54) is 0 Å². The third kappa shape index (κ3) is 1.46. The molecule has 0 saturated heterocycles. The van der Waals surface area contributed by atoms with Crippen LogP contribution in [0, 0.1) is 5.92 Å². The first-order chi connectivity index (χ1) is 4.45. The number of carboxylic acid groups (broad SMARTS) is 1. The summed E-state index contributed by atoms with van der Waals surface area (Å²) in [5, 5.41) is 8.60. The molecule has 0 aliphatic rings. The van der Waals surface area contributed by atoms with Gasteiger partial charge in [-0.25, -0.2) is 0 Å². The highest BCUT2D eigenvalue weighted by Crippen LogP contribution is 2.11. The van der Waals surface area contributed by atoms with Crippen LogP contribution in [0.25, 0.3) is 0 Å². The summed E-state index contributed by atoms with van der Waals surface area (Å²) in [4.78, 5) is 10.5. The average molecular weight is 146 g/mol. The van der Waals surface area contributed by atoms with E-state index in [1.54, 1.807) is 13.8 Å². The van der Waals surface area contributed by atoms with Gasteiger partial charge in [-0.05, 0) is 5.92 Å². The van der Waals surface area contributed by atoms with Crippen molar-refractivity contribution in [1.29, 1.82) is 0 Å². The van der Waals surface area contributed by atoms with Gasteiger partial charge in [0, 0.05) is 6.54 Å². The van der Waals surface area contributed by atoms with Crippen LogP contribution in [0.3, 0.4) is 0 Å². The summed E-state index contributed by atoms with van der Waals surface area (Å²) in [6.07, 6.45) is 0. The minimum atomic E-state index is -1.26. The maximum atomic E-state index is 10.5. The molecule has 10 heavy (non-hydrogen) atoms. The number of hydrogen-bond donors (Lipinski definition) is 3. The monoisotopic (exact) mass is 146 g/mol. The van der Waals surface area contributed by atoms with Crippen LogP contribution in [0.1, 0.15) is 13.8 Å². The highest BCUT2D eigenvalue weighted by atomic mass is 16.4. The second kappa shape index (κ2) is 2.98. The quantitative estimate of drug-likeness (QED) is 0.495. The third-order valence-electron chi connectivity index (χ3n) is 1.77. The second-order valence-electron chi connectivity index (χ2n) is 2.70. The lowest BCUT2D eigenvalue weighted by molar-refractivity contribution is -0.144. The predicted molar refractivity (Wildman–Crippen MR) is 38.4 cm³/mol. The van der Waals surface area contributed by atoms with Crippen molar-refractivity contribution < 1.29 is 9.90 Å². The van der Waals surface area contributed by atoms with Gasteiger partial charge >= 0.3 is 5.97 Å². The zero-order valence-electron chi connectivity index (χ0n) is 6.29. The van der Waals surface area contributed by atoms with Crippen LogP contribution in [-0.4, -0.2) is 23.2 Å². The molecule has 4 nitrogen and oxygen atoms in total. The summed E-state index contributed by atoms with van der Waals surface area (Å²) in [7, 11) is 0. The molecule has 0 amide bonds. The molecule has 0 bridgehead atoms. The molecule has 0 radical (unpaired) electrons. The van der Waals surface area contributed by atoms with Gasteiger partial charge in [0.2, 0.25) is 0 Å². The fourth-order valence-electron chi connectivity index (χ4n) is 0.570. The highest BCUT2D eigenvalue weighted by Gasteiger charge is 2.35. The van der Waals surface area contributed by atoms with Gasteiger partial charge in [0.1, 0.15) is 5.54 Å². The van der Waals surface area contributed by atoms with Crippen LogP contribution < -0.4 is 11.5 Å². The van der Waals surface area contributed by atoms with E-state index in [-0.39, 0.29) is 12.5 Å². The van der Waals surface area contributed by atoms with Crippen LogP contribution in [0.2, 0.25) is 0 Å². The standard InChI is InChI=1S/C6H14N2O2/c1-4(2)6(8,3-7)5(9)10/h4H,3,7-8H2,1-2H3,(H,9,10)/t6-/m0/s1. The lowest BCUT2D eigenvalue weighted by Gasteiger charge is -2.26. The fraction of sp³-hybridized carbons (Fsp3) is 0.833. The van der Waals surface area contributed by atoms with Crippen molar-refractivity contribution in [2.45, 2.75) is 19.4 Å². The molecule has 0 aromatic heterocycles. The number of rotatable bonds is 3. The molecule has 0 aliphatic heterocycles. The van der Waals surface area contributed by atoms with Gasteiger partial charge in [0.15, 0.2) is 0 Å². The zero-order valence-corrected chi connectivity index (χ0v) is 6.29. The van der Waals surface area contributed by atoms with E-state index in [0.29, 0.717) is 0 Å². The molecule has 0 aromatic carbocycles. The highest BCUT2D eigenvalue weighted by molar-refractivity contribution is 5.79. The third-order valence-corrected chi connectivity index (χ3v) is 1.77. The number of carbonyl (C=O) groups is 1. The van der Waals surface area contributed by atoms with Crippen molar-refractivity contribution in [2.75, 3.05) is 6.54 Å². The minimum Gasteiger partial charge on any atom is -0.480 e. The Hall–Kier alpha value is -0.610. The molecule has 0 aromatic rings. The second-order valence-corrected chi connectivity index (χ2v) is 2.70. The molecule has 0 fully saturated rings. The Bertz CT molecular complexity index is 136. The SMILES string of the molecule is CC(C)[C@@](N)(CN)C(=O)O. The van der Waals surface area contributed by atoms with Crippen LogP contribution >= 0.6 is 0 Å². The summed E-state index contributed by atoms with van der Waals surface area (Å²) >= 11 is 0. The minimum absolute atomic E-state index is 0.0278. The Morgan fingerprint density at radius 2 is 2.10 bits per heavy atom. The first kappa shape index (κ1) is 9.39.